The van der Waals surface area contributed by atoms with Crippen LogP contribution >= 0.6 is 0 Å². The molecule has 0 aromatic heterocycles. The van der Waals surface area contributed by atoms with E-state index in [0.29, 0.717) is 48.6 Å². The minimum atomic E-state index is -0.463. The molecule has 4 nitrogen and oxygen atoms in total. The predicted molar refractivity (Wildman–Crippen MR) is 111 cm³/mol. The summed E-state index contributed by atoms with van der Waals surface area (Å²) in [6.07, 6.45) is 0. The van der Waals surface area contributed by atoms with Crippen LogP contribution in [0.4, 0.5) is 14.5 Å². The zero-order valence-electron chi connectivity index (χ0n) is 16.2. The van der Waals surface area contributed by atoms with E-state index in [1.807, 2.05) is 11.0 Å². The SMILES string of the molecule is O=C(c1ccccc1)c1ccc(N2CCN(C(=O)c3ccc(F)cc3)CC2)c(F)c1. The molecular weight excluding hydrogens is 386 g/mol. The second-order valence-electron chi connectivity index (χ2n) is 7.15. The molecule has 0 N–H and O–H groups in total. The summed E-state index contributed by atoms with van der Waals surface area (Å²) in [5.74, 6) is -1.24. The molecular formula is C24H20F2N2O2. The van der Waals surface area contributed by atoms with Crippen molar-refractivity contribution in [1.29, 1.82) is 0 Å². The van der Waals surface area contributed by atoms with Crippen LogP contribution in [0.15, 0.2) is 72.8 Å². The van der Waals surface area contributed by atoms with Gasteiger partial charge in [0.1, 0.15) is 11.6 Å². The molecule has 0 aliphatic carbocycles. The number of piperazine rings is 1. The molecule has 1 saturated heterocycles. The van der Waals surface area contributed by atoms with Crippen LogP contribution in [0.3, 0.4) is 0 Å². The van der Waals surface area contributed by atoms with Gasteiger partial charge < -0.3 is 9.80 Å². The smallest absolute Gasteiger partial charge is 0.253 e. The van der Waals surface area contributed by atoms with E-state index in [9.17, 15) is 18.4 Å². The van der Waals surface area contributed by atoms with E-state index < -0.39 is 5.82 Å². The molecule has 0 bridgehead atoms. The van der Waals surface area contributed by atoms with Crippen molar-refractivity contribution < 1.29 is 18.4 Å². The first kappa shape index (κ1) is 19.8. The van der Waals surface area contributed by atoms with Gasteiger partial charge in [0, 0.05) is 42.9 Å². The van der Waals surface area contributed by atoms with Crippen molar-refractivity contribution in [3.05, 3.63) is 101 Å². The van der Waals surface area contributed by atoms with Crippen molar-refractivity contribution in [3.8, 4) is 0 Å². The van der Waals surface area contributed by atoms with E-state index >= 15 is 0 Å². The number of nitrogens with zero attached hydrogens (tertiary/aromatic N) is 2. The lowest BCUT2D eigenvalue weighted by molar-refractivity contribution is 0.0746. The normalized spacial score (nSPS) is 13.9. The lowest BCUT2D eigenvalue weighted by Gasteiger charge is -2.36. The van der Waals surface area contributed by atoms with E-state index in [2.05, 4.69) is 0 Å². The highest BCUT2D eigenvalue weighted by molar-refractivity contribution is 6.09. The fraction of sp³-hybridized carbons (Fsp3) is 0.167. The summed E-state index contributed by atoms with van der Waals surface area (Å²) in [7, 11) is 0. The van der Waals surface area contributed by atoms with E-state index in [4.69, 9.17) is 0 Å². The van der Waals surface area contributed by atoms with E-state index in [1.165, 1.54) is 30.3 Å². The molecule has 3 aromatic carbocycles. The number of amides is 1. The Bertz CT molecular complexity index is 1060. The molecule has 4 rings (SSSR count). The lowest BCUT2D eigenvalue weighted by atomic mass is 10.0. The van der Waals surface area contributed by atoms with Gasteiger partial charge in [-0.05, 0) is 42.5 Å². The van der Waals surface area contributed by atoms with Crippen LogP contribution in [0.2, 0.25) is 0 Å². The van der Waals surface area contributed by atoms with Crippen LogP contribution in [-0.2, 0) is 0 Å². The minimum absolute atomic E-state index is 0.168. The van der Waals surface area contributed by atoms with Crippen molar-refractivity contribution in [2.24, 2.45) is 0 Å². The molecule has 0 saturated carbocycles. The Kier molecular flexibility index (Phi) is 5.57. The predicted octanol–water partition coefficient (Wildman–Crippen LogP) is 4.16. The Labute approximate surface area is 173 Å². The van der Waals surface area contributed by atoms with E-state index in [1.54, 1.807) is 41.3 Å². The summed E-state index contributed by atoms with van der Waals surface area (Å²) in [5.41, 5.74) is 1.65. The fourth-order valence-corrected chi connectivity index (χ4v) is 3.59. The molecule has 30 heavy (non-hydrogen) atoms. The van der Waals surface area contributed by atoms with Crippen LogP contribution in [0.25, 0.3) is 0 Å². The summed E-state index contributed by atoms with van der Waals surface area (Å²) in [6, 6.07) is 18.7. The van der Waals surface area contributed by atoms with Gasteiger partial charge in [-0.1, -0.05) is 30.3 Å². The fourth-order valence-electron chi connectivity index (χ4n) is 3.59. The maximum atomic E-state index is 14.8. The topological polar surface area (TPSA) is 40.6 Å². The summed E-state index contributed by atoms with van der Waals surface area (Å²) >= 11 is 0. The molecule has 1 amide bonds. The second kappa shape index (κ2) is 8.45. The van der Waals surface area contributed by atoms with Crippen LogP contribution in [0.5, 0.6) is 0 Å². The maximum Gasteiger partial charge on any atom is 0.253 e. The number of ketones is 1. The summed E-state index contributed by atoms with van der Waals surface area (Å²) < 4.78 is 27.8. The summed E-state index contributed by atoms with van der Waals surface area (Å²) in [6.45, 7) is 1.80. The molecule has 1 aliphatic heterocycles. The highest BCUT2D eigenvalue weighted by atomic mass is 19.1. The van der Waals surface area contributed by atoms with Crippen molar-refractivity contribution in [3.63, 3.8) is 0 Å². The third-order valence-corrected chi connectivity index (χ3v) is 5.24. The van der Waals surface area contributed by atoms with Gasteiger partial charge >= 0.3 is 0 Å². The molecule has 0 unspecified atom stereocenters. The largest absolute Gasteiger partial charge is 0.366 e. The quantitative estimate of drug-likeness (QED) is 0.611. The van der Waals surface area contributed by atoms with Crippen LogP contribution in [0.1, 0.15) is 26.3 Å². The number of carbonyl (C=O) groups is 2. The standard InChI is InChI=1S/C24H20F2N2O2/c25-20-9-6-18(7-10-20)24(30)28-14-12-27(13-15-28)22-11-8-19(16-21(22)26)23(29)17-4-2-1-3-5-17/h1-11,16H,12-15H2. The monoisotopic (exact) mass is 406 g/mol. The van der Waals surface area contributed by atoms with Crippen molar-refractivity contribution in [1.82, 2.24) is 4.90 Å². The number of carbonyl (C=O) groups excluding carboxylic acids is 2. The molecule has 0 spiro atoms. The van der Waals surface area contributed by atoms with Gasteiger partial charge in [-0.2, -0.15) is 0 Å². The van der Waals surface area contributed by atoms with Gasteiger partial charge in [0.05, 0.1) is 5.69 Å². The van der Waals surface area contributed by atoms with Gasteiger partial charge in [-0.25, -0.2) is 8.78 Å². The molecule has 1 fully saturated rings. The molecule has 6 heteroatoms. The first-order valence-electron chi connectivity index (χ1n) is 9.72. The molecule has 1 heterocycles. The zero-order chi connectivity index (χ0) is 21.1. The van der Waals surface area contributed by atoms with Gasteiger partial charge in [-0.15, -0.1) is 0 Å². The van der Waals surface area contributed by atoms with Gasteiger partial charge in [0.15, 0.2) is 5.78 Å². The average molecular weight is 406 g/mol. The molecule has 3 aromatic rings. The van der Waals surface area contributed by atoms with Crippen LogP contribution in [0, 0.1) is 11.6 Å². The Balaban J connectivity index is 1.43. The first-order chi connectivity index (χ1) is 14.5. The molecule has 152 valence electrons. The third-order valence-electron chi connectivity index (χ3n) is 5.24. The number of halogens is 2. The Morgan fingerprint density at radius 3 is 1.97 bits per heavy atom. The van der Waals surface area contributed by atoms with Crippen molar-refractivity contribution >= 4 is 17.4 Å². The minimum Gasteiger partial charge on any atom is -0.366 e. The number of benzene rings is 3. The van der Waals surface area contributed by atoms with Gasteiger partial charge in [0.2, 0.25) is 0 Å². The number of hydrogen-bond donors (Lipinski definition) is 0. The number of anilines is 1. The maximum absolute atomic E-state index is 14.8. The lowest BCUT2D eigenvalue weighted by Crippen LogP contribution is -2.49. The Morgan fingerprint density at radius 1 is 0.700 bits per heavy atom. The summed E-state index contributed by atoms with van der Waals surface area (Å²) in [4.78, 5) is 28.6. The van der Waals surface area contributed by atoms with Crippen LogP contribution < -0.4 is 4.90 Å². The van der Waals surface area contributed by atoms with E-state index in [0.717, 1.165) is 0 Å². The average Bonchev–Trinajstić information content (AvgIpc) is 2.79. The third kappa shape index (κ3) is 4.08. The number of hydrogen-bond acceptors (Lipinski definition) is 3. The highest BCUT2D eigenvalue weighted by Gasteiger charge is 2.24. The molecule has 0 radical (unpaired) electrons. The Morgan fingerprint density at radius 2 is 1.33 bits per heavy atom. The summed E-state index contributed by atoms with van der Waals surface area (Å²) in [5, 5.41) is 0. The van der Waals surface area contributed by atoms with Crippen LogP contribution in [-0.4, -0.2) is 42.8 Å². The van der Waals surface area contributed by atoms with Crippen molar-refractivity contribution in [2.75, 3.05) is 31.1 Å². The van der Waals surface area contributed by atoms with Gasteiger partial charge in [-0.3, -0.25) is 9.59 Å². The van der Waals surface area contributed by atoms with Crippen molar-refractivity contribution in [2.45, 2.75) is 0 Å². The Hall–Kier alpha value is -3.54. The van der Waals surface area contributed by atoms with Gasteiger partial charge in [0.25, 0.3) is 5.91 Å². The van der Waals surface area contributed by atoms with E-state index in [-0.39, 0.29) is 17.5 Å². The number of rotatable bonds is 4. The zero-order valence-corrected chi connectivity index (χ0v) is 16.2. The second-order valence-corrected chi connectivity index (χ2v) is 7.15. The molecule has 1 aliphatic rings. The molecule has 0 atom stereocenters. The highest BCUT2D eigenvalue weighted by Crippen LogP contribution is 2.24. The first-order valence-corrected chi connectivity index (χ1v) is 9.72.